The molecular formula is C20H22N2O2. The Hall–Kier alpha value is -2.33. The molecule has 0 bridgehead atoms. The van der Waals surface area contributed by atoms with Crippen molar-refractivity contribution in [2.75, 3.05) is 6.54 Å². The average molecular weight is 322 g/mol. The molecule has 2 aromatic rings. The number of carboxylic acids is 1. The number of aromatic nitrogens is 1. The Bertz CT molecular complexity index is 917. The number of H-pyrrole nitrogens is 1. The summed E-state index contributed by atoms with van der Waals surface area (Å²) in [6.45, 7) is 7.16. The minimum atomic E-state index is -0.959. The summed E-state index contributed by atoms with van der Waals surface area (Å²) < 4.78 is 0. The van der Waals surface area contributed by atoms with E-state index in [-0.39, 0.29) is 0 Å². The molecule has 2 unspecified atom stereocenters. The average Bonchev–Trinajstić information content (AvgIpc) is 2.92. The molecule has 0 saturated carbocycles. The van der Waals surface area contributed by atoms with E-state index in [1.165, 1.54) is 16.7 Å². The van der Waals surface area contributed by atoms with Gasteiger partial charge >= 0.3 is 0 Å². The molecule has 2 N–H and O–H groups in total. The van der Waals surface area contributed by atoms with Gasteiger partial charge in [-0.15, -0.1) is 0 Å². The molecule has 4 heteroatoms. The van der Waals surface area contributed by atoms with Crippen molar-refractivity contribution in [3.63, 3.8) is 0 Å². The van der Waals surface area contributed by atoms with Crippen LogP contribution in [0.25, 0.3) is 16.6 Å². The van der Waals surface area contributed by atoms with Gasteiger partial charge in [-0.05, 0) is 43.0 Å². The van der Waals surface area contributed by atoms with E-state index in [1.807, 2.05) is 12.1 Å². The third-order valence-electron chi connectivity index (χ3n) is 5.65. The number of para-hydroxylation sites is 1. The number of aliphatic carboxylic acids is 1. The lowest BCUT2D eigenvalue weighted by atomic mass is 9.85. The summed E-state index contributed by atoms with van der Waals surface area (Å²) >= 11 is 0. The van der Waals surface area contributed by atoms with Crippen LogP contribution < -0.4 is 10.0 Å². The van der Waals surface area contributed by atoms with Crippen molar-refractivity contribution in [1.82, 2.24) is 4.98 Å². The standard InChI is InChI=1S/C20H22N2O2/c1-4-13-11(2)10-22-17(20(23)24)9-15-14-7-5-6-8-16(14)21-18(15)19(22)12(13)3/h5-8,17,21H,4,9-10H2,1-3H3,(H,23,24). The number of carboxylic acid groups (broad SMARTS) is 1. The van der Waals surface area contributed by atoms with Gasteiger partial charge < -0.3 is 14.9 Å². The summed E-state index contributed by atoms with van der Waals surface area (Å²) in [4.78, 5) is 16.4. The van der Waals surface area contributed by atoms with Gasteiger partial charge in [0.15, 0.2) is 5.70 Å². The van der Waals surface area contributed by atoms with Gasteiger partial charge in [-0.3, -0.25) is 4.90 Å². The van der Waals surface area contributed by atoms with Crippen LogP contribution in [0.2, 0.25) is 0 Å². The molecule has 4 nitrogen and oxygen atoms in total. The molecule has 1 aromatic heterocycles. The maximum atomic E-state index is 11.9. The number of aromatic amines is 1. The Labute approximate surface area is 141 Å². The van der Waals surface area contributed by atoms with E-state index in [4.69, 9.17) is 0 Å². The smallest absolute Gasteiger partial charge is 0.159 e. The Morgan fingerprint density at radius 2 is 2.08 bits per heavy atom. The first-order valence-corrected chi connectivity index (χ1v) is 8.59. The maximum absolute atomic E-state index is 11.9. The minimum absolute atomic E-state index is 0.516. The molecule has 0 aliphatic carbocycles. The van der Waals surface area contributed by atoms with Crippen LogP contribution in [0.3, 0.4) is 0 Å². The number of allylic oxidation sites excluding steroid dienone is 2. The maximum Gasteiger partial charge on any atom is 0.159 e. The molecule has 2 aliphatic heterocycles. The SMILES string of the molecule is CCC1=C(C)C[NH+]2C(=C1C)c1[nH]c3ccccc3c1CC2C(=O)[O-]. The fourth-order valence-corrected chi connectivity index (χ4v) is 4.58. The third-order valence-corrected chi connectivity index (χ3v) is 5.65. The van der Waals surface area contributed by atoms with Crippen LogP contribution in [0.15, 0.2) is 41.0 Å². The van der Waals surface area contributed by atoms with Gasteiger partial charge in [-0.1, -0.05) is 25.1 Å². The largest absolute Gasteiger partial charge is 0.544 e. The lowest BCUT2D eigenvalue weighted by Crippen LogP contribution is -3.16. The van der Waals surface area contributed by atoms with E-state index >= 15 is 0 Å². The Kier molecular flexibility index (Phi) is 3.39. The quantitative estimate of drug-likeness (QED) is 0.873. The van der Waals surface area contributed by atoms with Crippen molar-refractivity contribution in [2.24, 2.45) is 0 Å². The molecule has 124 valence electrons. The first kappa shape index (κ1) is 15.2. The Morgan fingerprint density at radius 1 is 1.33 bits per heavy atom. The summed E-state index contributed by atoms with van der Waals surface area (Å²) in [5, 5.41) is 13.0. The molecular weight excluding hydrogens is 300 g/mol. The van der Waals surface area contributed by atoms with E-state index in [9.17, 15) is 9.90 Å². The van der Waals surface area contributed by atoms with E-state index < -0.39 is 12.0 Å². The zero-order valence-electron chi connectivity index (χ0n) is 14.3. The molecule has 0 saturated heterocycles. The zero-order valence-corrected chi connectivity index (χ0v) is 14.3. The van der Waals surface area contributed by atoms with Gasteiger partial charge in [0.25, 0.3) is 0 Å². The summed E-state index contributed by atoms with van der Waals surface area (Å²) in [5.74, 6) is -0.959. The van der Waals surface area contributed by atoms with Crippen LogP contribution >= 0.6 is 0 Å². The van der Waals surface area contributed by atoms with Crippen molar-refractivity contribution in [1.29, 1.82) is 0 Å². The van der Waals surface area contributed by atoms with Crippen LogP contribution in [0.1, 0.15) is 38.4 Å². The highest BCUT2D eigenvalue weighted by molar-refractivity contribution is 5.91. The number of hydrogen-bond acceptors (Lipinski definition) is 2. The molecule has 0 fully saturated rings. The van der Waals surface area contributed by atoms with Crippen molar-refractivity contribution in [3.8, 4) is 0 Å². The molecule has 0 radical (unpaired) electrons. The topological polar surface area (TPSA) is 60.4 Å². The van der Waals surface area contributed by atoms with Crippen molar-refractivity contribution < 1.29 is 14.8 Å². The van der Waals surface area contributed by atoms with E-state index in [2.05, 4.69) is 37.9 Å². The number of rotatable bonds is 2. The predicted molar refractivity (Wildman–Crippen MR) is 92.2 cm³/mol. The van der Waals surface area contributed by atoms with Gasteiger partial charge in [0.2, 0.25) is 0 Å². The third kappa shape index (κ3) is 1.99. The fourth-order valence-electron chi connectivity index (χ4n) is 4.58. The number of quaternary nitrogens is 1. The van der Waals surface area contributed by atoms with Gasteiger partial charge in [-0.2, -0.15) is 0 Å². The zero-order chi connectivity index (χ0) is 17.0. The Balaban J connectivity index is 2.03. The first-order chi connectivity index (χ1) is 11.5. The molecule has 0 amide bonds. The molecule has 24 heavy (non-hydrogen) atoms. The van der Waals surface area contributed by atoms with Crippen LogP contribution in [0.4, 0.5) is 0 Å². The lowest BCUT2D eigenvalue weighted by molar-refractivity contribution is -0.844. The number of carbonyl (C=O) groups is 1. The van der Waals surface area contributed by atoms with Crippen molar-refractivity contribution in [3.05, 3.63) is 52.2 Å². The highest BCUT2D eigenvalue weighted by Gasteiger charge is 2.41. The number of carbonyl (C=O) groups excluding carboxylic acids is 1. The fraction of sp³-hybridized carbons (Fsp3) is 0.350. The second kappa shape index (κ2) is 5.35. The monoisotopic (exact) mass is 322 g/mol. The molecule has 4 rings (SSSR count). The summed E-state index contributed by atoms with van der Waals surface area (Å²) in [7, 11) is 0. The van der Waals surface area contributed by atoms with E-state index in [0.29, 0.717) is 6.42 Å². The summed E-state index contributed by atoms with van der Waals surface area (Å²) in [6.07, 6.45) is 1.49. The van der Waals surface area contributed by atoms with Crippen molar-refractivity contribution >= 4 is 22.6 Å². The lowest BCUT2D eigenvalue weighted by Gasteiger charge is -2.38. The number of fused-ring (bicyclic) bond motifs is 5. The molecule has 1 aromatic carbocycles. The highest BCUT2D eigenvalue weighted by atomic mass is 16.4. The molecule has 2 aliphatic rings. The predicted octanol–water partition coefficient (Wildman–Crippen LogP) is 1.20. The Morgan fingerprint density at radius 3 is 2.79 bits per heavy atom. The van der Waals surface area contributed by atoms with Gasteiger partial charge in [-0.25, -0.2) is 0 Å². The second-order valence-corrected chi connectivity index (χ2v) is 6.91. The summed E-state index contributed by atoms with van der Waals surface area (Å²) in [6, 6.07) is 7.61. The summed E-state index contributed by atoms with van der Waals surface area (Å²) in [5.41, 5.74) is 8.29. The highest BCUT2D eigenvalue weighted by Crippen LogP contribution is 2.34. The molecule has 2 atom stereocenters. The van der Waals surface area contributed by atoms with Gasteiger partial charge in [0.05, 0.1) is 0 Å². The van der Waals surface area contributed by atoms with E-state index in [1.54, 1.807) is 0 Å². The number of nitrogens with one attached hydrogen (secondary N) is 2. The number of benzene rings is 1. The minimum Gasteiger partial charge on any atom is -0.544 e. The van der Waals surface area contributed by atoms with Crippen molar-refractivity contribution in [2.45, 2.75) is 39.7 Å². The molecule has 0 spiro atoms. The van der Waals surface area contributed by atoms with Crippen LogP contribution in [-0.4, -0.2) is 23.5 Å². The van der Waals surface area contributed by atoms with Gasteiger partial charge in [0.1, 0.15) is 24.2 Å². The molecule has 3 heterocycles. The first-order valence-electron chi connectivity index (χ1n) is 8.59. The van der Waals surface area contributed by atoms with E-state index in [0.717, 1.165) is 45.7 Å². The normalized spacial score (nSPS) is 23.5. The van der Waals surface area contributed by atoms with Crippen LogP contribution in [-0.2, 0) is 11.2 Å². The van der Waals surface area contributed by atoms with Gasteiger partial charge in [0, 0.05) is 22.9 Å². The van der Waals surface area contributed by atoms with Crippen LogP contribution in [0, 0.1) is 0 Å². The number of hydrogen-bond donors (Lipinski definition) is 2. The second-order valence-electron chi connectivity index (χ2n) is 6.91. The van der Waals surface area contributed by atoms with Crippen LogP contribution in [0.5, 0.6) is 0 Å².